The fourth-order valence-corrected chi connectivity index (χ4v) is 2.12. The Kier molecular flexibility index (Phi) is 4.38. The number of rotatable bonds is 5. The van der Waals surface area contributed by atoms with Crippen LogP contribution in [0, 0.1) is 6.92 Å². The standard InChI is InChI=1S/C18H15N3O2/c1-13-4-2-5-14(21-13)10-18(22)17-11-15(7-9-20-17)23-16-6-3-8-19-12-16/h2-9,11-12H,10H2,1H3. The van der Waals surface area contributed by atoms with Gasteiger partial charge in [-0.2, -0.15) is 0 Å². The summed E-state index contributed by atoms with van der Waals surface area (Å²) in [4.78, 5) is 24.8. The number of nitrogens with zero attached hydrogens (tertiary/aromatic N) is 3. The molecule has 0 N–H and O–H groups in total. The lowest BCUT2D eigenvalue weighted by molar-refractivity contribution is 0.0987. The highest BCUT2D eigenvalue weighted by Gasteiger charge is 2.11. The van der Waals surface area contributed by atoms with Crippen LogP contribution < -0.4 is 4.74 Å². The monoisotopic (exact) mass is 305 g/mol. The zero-order valence-electron chi connectivity index (χ0n) is 12.6. The second kappa shape index (κ2) is 6.79. The van der Waals surface area contributed by atoms with Gasteiger partial charge in [0, 0.05) is 29.8 Å². The normalized spacial score (nSPS) is 10.3. The summed E-state index contributed by atoms with van der Waals surface area (Å²) in [5, 5.41) is 0. The molecule has 3 aromatic heterocycles. The summed E-state index contributed by atoms with van der Waals surface area (Å²) >= 11 is 0. The molecule has 5 nitrogen and oxygen atoms in total. The van der Waals surface area contributed by atoms with Crippen LogP contribution in [0.2, 0.25) is 0 Å². The van der Waals surface area contributed by atoms with Gasteiger partial charge in [0.1, 0.15) is 17.2 Å². The Labute approximate surface area is 134 Å². The first-order valence-electron chi connectivity index (χ1n) is 7.20. The van der Waals surface area contributed by atoms with Gasteiger partial charge in [0.15, 0.2) is 5.78 Å². The Morgan fingerprint density at radius 3 is 2.78 bits per heavy atom. The third-order valence-corrected chi connectivity index (χ3v) is 3.17. The predicted octanol–water partition coefficient (Wildman–Crippen LogP) is 3.40. The van der Waals surface area contributed by atoms with Gasteiger partial charge in [-0.3, -0.25) is 19.7 Å². The van der Waals surface area contributed by atoms with Crippen molar-refractivity contribution in [1.29, 1.82) is 0 Å². The molecule has 114 valence electrons. The van der Waals surface area contributed by atoms with Crippen LogP contribution in [0.1, 0.15) is 21.9 Å². The Morgan fingerprint density at radius 1 is 1.09 bits per heavy atom. The van der Waals surface area contributed by atoms with Gasteiger partial charge in [0.2, 0.25) is 0 Å². The van der Waals surface area contributed by atoms with Crippen LogP contribution in [0.4, 0.5) is 0 Å². The fraction of sp³-hybridized carbons (Fsp3) is 0.111. The van der Waals surface area contributed by atoms with Crippen molar-refractivity contribution in [3.63, 3.8) is 0 Å². The topological polar surface area (TPSA) is 65.0 Å². The molecule has 3 rings (SSSR count). The van der Waals surface area contributed by atoms with Crippen molar-refractivity contribution in [3.05, 3.63) is 78.1 Å². The zero-order valence-corrected chi connectivity index (χ0v) is 12.6. The Hall–Kier alpha value is -3.08. The van der Waals surface area contributed by atoms with Gasteiger partial charge in [-0.1, -0.05) is 6.07 Å². The Morgan fingerprint density at radius 2 is 2.00 bits per heavy atom. The van der Waals surface area contributed by atoms with Crippen LogP contribution in [0.3, 0.4) is 0 Å². The summed E-state index contributed by atoms with van der Waals surface area (Å²) < 4.78 is 5.67. The van der Waals surface area contributed by atoms with Gasteiger partial charge in [0.05, 0.1) is 12.6 Å². The summed E-state index contributed by atoms with van der Waals surface area (Å²) in [6.07, 6.45) is 5.05. The van der Waals surface area contributed by atoms with Gasteiger partial charge >= 0.3 is 0 Å². The highest BCUT2D eigenvalue weighted by Crippen LogP contribution is 2.20. The quantitative estimate of drug-likeness (QED) is 0.676. The number of pyridine rings is 3. The number of carbonyl (C=O) groups is 1. The van der Waals surface area contributed by atoms with E-state index in [9.17, 15) is 4.79 Å². The molecule has 0 fully saturated rings. The minimum absolute atomic E-state index is 0.0975. The lowest BCUT2D eigenvalue weighted by Gasteiger charge is -2.06. The highest BCUT2D eigenvalue weighted by molar-refractivity contribution is 5.95. The van der Waals surface area contributed by atoms with E-state index >= 15 is 0 Å². The first-order chi connectivity index (χ1) is 11.2. The first kappa shape index (κ1) is 14.8. The smallest absolute Gasteiger partial charge is 0.187 e. The SMILES string of the molecule is Cc1cccc(CC(=O)c2cc(Oc3cccnc3)ccn2)n1. The maximum absolute atomic E-state index is 12.4. The predicted molar refractivity (Wildman–Crippen MR) is 85.6 cm³/mol. The number of hydrogen-bond acceptors (Lipinski definition) is 5. The second-order valence-corrected chi connectivity index (χ2v) is 5.04. The number of aryl methyl sites for hydroxylation is 1. The van der Waals surface area contributed by atoms with Crippen LogP contribution in [0.25, 0.3) is 0 Å². The molecule has 0 atom stereocenters. The van der Waals surface area contributed by atoms with E-state index in [0.717, 1.165) is 11.4 Å². The lowest BCUT2D eigenvalue weighted by atomic mass is 10.1. The van der Waals surface area contributed by atoms with E-state index in [4.69, 9.17) is 4.74 Å². The second-order valence-electron chi connectivity index (χ2n) is 5.04. The molecule has 23 heavy (non-hydrogen) atoms. The molecule has 0 radical (unpaired) electrons. The minimum atomic E-state index is -0.0975. The molecular formula is C18H15N3O2. The van der Waals surface area contributed by atoms with Crippen molar-refractivity contribution < 1.29 is 9.53 Å². The van der Waals surface area contributed by atoms with E-state index < -0.39 is 0 Å². The molecule has 0 spiro atoms. The summed E-state index contributed by atoms with van der Waals surface area (Å²) in [6.45, 7) is 1.90. The maximum Gasteiger partial charge on any atom is 0.187 e. The summed E-state index contributed by atoms with van der Waals surface area (Å²) in [5.41, 5.74) is 1.97. The summed E-state index contributed by atoms with van der Waals surface area (Å²) in [6, 6.07) is 12.5. The third kappa shape index (κ3) is 3.97. The molecule has 0 bridgehead atoms. The molecule has 0 aromatic carbocycles. The van der Waals surface area contributed by atoms with Crippen LogP contribution in [-0.4, -0.2) is 20.7 Å². The number of ketones is 1. The largest absolute Gasteiger partial charge is 0.456 e. The molecule has 0 amide bonds. The van der Waals surface area contributed by atoms with E-state index in [1.165, 1.54) is 0 Å². The van der Waals surface area contributed by atoms with Crippen molar-refractivity contribution in [3.8, 4) is 11.5 Å². The molecule has 5 heteroatoms. The van der Waals surface area contributed by atoms with E-state index in [1.54, 1.807) is 42.9 Å². The molecule has 0 saturated heterocycles. The fourth-order valence-electron chi connectivity index (χ4n) is 2.12. The van der Waals surface area contributed by atoms with E-state index in [2.05, 4.69) is 15.0 Å². The van der Waals surface area contributed by atoms with Crippen LogP contribution in [-0.2, 0) is 6.42 Å². The Bertz CT molecular complexity index is 819. The molecule has 0 saturated carbocycles. The third-order valence-electron chi connectivity index (χ3n) is 3.17. The average molecular weight is 305 g/mol. The Balaban J connectivity index is 1.75. The van der Waals surface area contributed by atoms with Gasteiger partial charge < -0.3 is 4.74 Å². The zero-order chi connectivity index (χ0) is 16.1. The number of ether oxygens (including phenoxy) is 1. The molecule has 3 aromatic rings. The van der Waals surface area contributed by atoms with Gasteiger partial charge in [-0.05, 0) is 37.3 Å². The van der Waals surface area contributed by atoms with Crippen LogP contribution in [0.15, 0.2) is 61.1 Å². The molecule has 0 aliphatic carbocycles. The van der Waals surface area contributed by atoms with Crippen LogP contribution in [0.5, 0.6) is 11.5 Å². The molecule has 3 heterocycles. The average Bonchev–Trinajstić information content (AvgIpc) is 2.56. The molecule has 0 aliphatic rings. The minimum Gasteiger partial charge on any atom is -0.456 e. The van der Waals surface area contributed by atoms with Gasteiger partial charge in [-0.25, -0.2) is 0 Å². The lowest BCUT2D eigenvalue weighted by Crippen LogP contribution is -2.07. The number of Topliss-reactive ketones (excluding diaryl/α,β-unsaturated/α-hetero) is 1. The first-order valence-corrected chi connectivity index (χ1v) is 7.20. The summed E-state index contributed by atoms with van der Waals surface area (Å²) in [7, 11) is 0. The van der Waals surface area contributed by atoms with E-state index in [0.29, 0.717) is 17.2 Å². The van der Waals surface area contributed by atoms with Crippen molar-refractivity contribution in [2.75, 3.05) is 0 Å². The summed E-state index contributed by atoms with van der Waals surface area (Å²) in [5.74, 6) is 1.06. The molecule has 0 aliphatic heterocycles. The van der Waals surface area contributed by atoms with E-state index in [-0.39, 0.29) is 12.2 Å². The van der Waals surface area contributed by atoms with Crippen molar-refractivity contribution in [2.45, 2.75) is 13.3 Å². The van der Waals surface area contributed by atoms with Gasteiger partial charge in [0.25, 0.3) is 0 Å². The van der Waals surface area contributed by atoms with E-state index in [1.807, 2.05) is 25.1 Å². The number of hydrogen-bond donors (Lipinski definition) is 0. The number of carbonyl (C=O) groups excluding carboxylic acids is 1. The van der Waals surface area contributed by atoms with Crippen LogP contribution >= 0.6 is 0 Å². The highest BCUT2D eigenvalue weighted by atomic mass is 16.5. The van der Waals surface area contributed by atoms with Crippen molar-refractivity contribution >= 4 is 5.78 Å². The van der Waals surface area contributed by atoms with Gasteiger partial charge in [-0.15, -0.1) is 0 Å². The molecular weight excluding hydrogens is 290 g/mol. The van der Waals surface area contributed by atoms with Crippen molar-refractivity contribution in [1.82, 2.24) is 15.0 Å². The number of aromatic nitrogens is 3. The molecule has 0 unspecified atom stereocenters. The maximum atomic E-state index is 12.4. The van der Waals surface area contributed by atoms with Crippen molar-refractivity contribution in [2.24, 2.45) is 0 Å².